The number of nitrogens with zero attached hydrogens (tertiary/aromatic N) is 1. The van der Waals surface area contributed by atoms with Crippen molar-refractivity contribution in [1.82, 2.24) is 4.90 Å². The Balaban J connectivity index is 2.55. The van der Waals surface area contributed by atoms with Crippen LogP contribution in [0.3, 0.4) is 0 Å². The molecule has 86 valence electrons. The average molecular weight is 215 g/mol. The Kier molecular flexibility index (Phi) is 4.08. The number of ether oxygens (including phenoxy) is 1. The summed E-state index contributed by atoms with van der Waals surface area (Å²) >= 11 is 0. The summed E-state index contributed by atoms with van der Waals surface area (Å²) in [6.45, 7) is 4.90. The molecule has 1 aliphatic heterocycles. The van der Waals surface area contributed by atoms with E-state index in [9.17, 15) is 9.59 Å². The Bertz CT molecular complexity index is 254. The monoisotopic (exact) mass is 215 g/mol. The van der Waals surface area contributed by atoms with E-state index in [2.05, 4.69) is 0 Å². The molecule has 2 atom stereocenters. The minimum Gasteiger partial charge on any atom is -0.481 e. The number of morpholine rings is 1. The van der Waals surface area contributed by atoms with E-state index in [0.717, 1.165) is 6.42 Å². The Morgan fingerprint density at radius 3 is 2.80 bits per heavy atom. The van der Waals surface area contributed by atoms with Crippen molar-refractivity contribution in [3.05, 3.63) is 0 Å². The number of amides is 1. The fourth-order valence-electron chi connectivity index (χ4n) is 1.55. The van der Waals surface area contributed by atoms with E-state index in [0.29, 0.717) is 19.7 Å². The van der Waals surface area contributed by atoms with Crippen molar-refractivity contribution in [3.8, 4) is 0 Å². The highest BCUT2D eigenvalue weighted by atomic mass is 16.5. The second kappa shape index (κ2) is 5.11. The zero-order valence-electron chi connectivity index (χ0n) is 9.10. The van der Waals surface area contributed by atoms with Crippen LogP contribution >= 0.6 is 0 Å². The summed E-state index contributed by atoms with van der Waals surface area (Å²) in [4.78, 5) is 23.9. The van der Waals surface area contributed by atoms with Crippen molar-refractivity contribution in [2.24, 2.45) is 5.92 Å². The first-order chi connectivity index (χ1) is 7.06. The van der Waals surface area contributed by atoms with Crippen molar-refractivity contribution in [2.45, 2.75) is 26.4 Å². The molecule has 1 N–H and O–H groups in total. The van der Waals surface area contributed by atoms with E-state index < -0.39 is 11.9 Å². The van der Waals surface area contributed by atoms with Gasteiger partial charge in [0, 0.05) is 13.1 Å². The van der Waals surface area contributed by atoms with Crippen LogP contribution in [0, 0.1) is 5.92 Å². The highest BCUT2D eigenvalue weighted by Gasteiger charge is 2.29. The molecular weight excluding hydrogens is 198 g/mol. The fraction of sp³-hybridized carbons (Fsp3) is 0.800. The third-order valence-corrected chi connectivity index (χ3v) is 2.65. The molecule has 0 aromatic heterocycles. The van der Waals surface area contributed by atoms with Crippen LogP contribution < -0.4 is 0 Å². The summed E-state index contributed by atoms with van der Waals surface area (Å²) in [7, 11) is 0. The van der Waals surface area contributed by atoms with Gasteiger partial charge in [0.15, 0.2) is 0 Å². The lowest BCUT2D eigenvalue weighted by atomic mass is 10.1. The standard InChI is InChI=1S/C10H17NO4/c1-3-8-6-11(4-5-15-8)9(12)7(2)10(13)14/h7-8H,3-6H2,1-2H3,(H,13,14). The maximum absolute atomic E-state index is 11.7. The third kappa shape index (κ3) is 2.92. The molecular formula is C10H17NO4. The van der Waals surface area contributed by atoms with E-state index in [4.69, 9.17) is 9.84 Å². The van der Waals surface area contributed by atoms with Gasteiger partial charge in [-0.25, -0.2) is 0 Å². The second-order valence-corrected chi connectivity index (χ2v) is 3.75. The third-order valence-electron chi connectivity index (χ3n) is 2.65. The first-order valence-electron chi connectivity index (χ1n) is 5.19. The van der Waals surface area contributed by atoms with Gasteiger partial charge in [0.25, 0.3) is 0 Å². The Morgan fingerprint density at radius 1 is 1.60 bits per heavy atom. The maximum atomic E-state index is 11.7. The quantitative estimate of drug-likeness (QED) is 0.689. The number of aliphatic carboxylic acids is 1. The molecule has 1 rings (SSSR count). The van der Waals surface area contributed by atoms with Gasteiger partial charge in [-0.05, 0) is 13.3 Å². The molecule has 1 fully saturated rings. The molecule has 1 amide bonds. The highest BCUT2D eigenvalue weighted by molar-refractivity contribution is 5.96. The minimum atomic E-state index is -1.07. The lowest BCUT2D eigenvalue weighted by Gasteiger charge is -2.33. The first kappa shape index (κ1) is 12.0. The molecule has 0 aromatic rings. The largest absolute Gasteiger partial charge is 0.481 e. The van der Waals surface area contributed by atoms with Gasteiger partial charge in [0.1, 0.15) is 5.92 Å². The molecule has 0 bridgehead atoms. The minimum absolute atomic E-state index is 0.0451. The molecule has 0 spiro atoms. The molecule has 0 aliphatic carbocycles. The number of carbonyl (C=O) groups is 2. The van der Waals surface area contributed by atoms with Crippen molar-refractivity contribution >= 4 is 11.9 Å². The SMILES string of the molecule is CCC1CN(C(=O)C(C)C(=O)O)CCO1. The Hall–Kier alpha value is -1.10. The second-order valence-electron chi connectivity index (χ2n) is 3.75. The molecule has 5 heteroatoms. The summed E-state index contributed by atoms with van der Waals surface area (Å²) in [5, 5.41) is 8.73. The van der Waals surface area contributed by atoms with Crippen LogP contribution in [0.4, 0.5) is 0 Å². The summed E-state index contributed by atoms with van der Waals surface area (Å²) in [5.74, 6) is -2.34. The molecule has 1 heterocycles. The lowest BCUT2D eigenvalue weighted by Crippen LogP contribution is -2.48. The molecule has 0 saturated carbocycles. The Labute approximate surface area is 89.0 Å². The molecule has 5 nitrogen and oxygen atoms in total. The number of rotatable bonds is 3. The molecule has 1 aliphatic rings. The zero-order valence-corrected chi connectivity index (χ0v) is 9.10. The van der Waals surface area contributed by atoms with Crippen molar-refractivity contribution in [2.75, 3.05) is 19.7 Å². The molecule has 0 aromatic carbocycles. The number of hydrogen-bond acceptors (Lipinski definition) is 3. The molecule has 1 saturated heterocycles. The molecule has 0 radical (unpaired) electrons. The van der Waals surface area contributed by atoms with Gasteiger partial charge >= 0.3 is 5.97 Å². The van der Waals surface area contributed by atoms with Gasteiger partial charge in [-0.1, -0.05) is 6.92 Å². The van der Waals surface area contributed by atoms with Gasteiger partial charge < -0.3 is 14.7 Å². The predicted octanol–water partition coefficient (Wildman–Crippen LogP) is 0.344. The van der Waals surface area contributed by atoms with E-state index in [-0.39, 0.29) is 12.0 Å². The summed E-state index contributed by atoms with van der Waals surface area (Å²) in [5.41, 5.74) is 0. The highest BCUT2D eigenvalue weighted by Crippen LogP contribution is 2.11. The number of carboxylic acids is 1. The van der Waals surface area contributed by atoms with Crippen LogP contribution in [0.25, 0.3) is 0 Å². The number of hydrogen-bond donors (Lipinski definition) is 1. The van der Waals surface area contributed by atoms with E-state index in [1.165, 1.54) is 6.92 Å². The van der Waals surface area contributed by atoms with Crippen LogP contribution in [0.5, 0.6) is 0 Å². The lowest BCUT2D eigenvalue weighted by molar-refractivity contribution is -0.154. The average Bonchev–Trinajstić information content (AvgIpc) is 2.27. The van der Waals surface area contributed by atoms with Gasteiger partial charge in [-0.3, -0.25) is 9.59 Å². The van der Waals surface area contributed by atoms with Crippen LogP contribution in [0.2, 0.25) is 0 Å². The van der Waals surface area contributed by atoms with E-state index in [1.54, 1.807) is 4.90 Å². The van der Waals surface area contributed by atoms with Crippen LogP contribution in [0.15, 0.2) is 0 Å². The van der Waals surface area contributed by atoms with Crippen LogP contribution in [-0.4, -0.2) is 47.7 Å². The zero-order chi connectivity index (χ0) is 11.4. The summed E-state index contributed by atoms with van der Waals surface area (Å²) in [6.07, 6.45) is 0.884. The normalized spacial score (nSPS) is 23.6. The first-order valence-corrected chi connectivity index (χ1v) is 5.19. The van der Waals surface area contributed by atoms with Crippen molar-refractivity contribution in [3.63, 3.8) is 0 Å². The van der Waals surface area contributed by atoms with E-state index in [1.807, 2.05) is 6.92 Å². The molecule has 15 heavy (non-hydrogen) atoms. The number of carboxylic acid groups (broad SMARTS) is 1. The van der Waals surface area contributed by atoms with Crippen molar-refractivity contribution < 1.29 is 19.4 Å². The van der Waals surface area contributed by atoms with Crippen LogP contribution in [-0.2, 0) is 14.3 Å². The maximum Gasteiger partial charge on any atom is 0.315 e. The van der Waals surface area contributed by atoms with Gasteiger partial charge in [0.05, 0.1) is 12.7 Å². The predicted molar refractivity (Wildman–Crippen MR) is 53.4 cm³/mol. The number of carbonyl (C=O) groups excluding carboxylic acids is 1. The fourth-order valence-corrected chi connectivity index (χ4v) is 1.55. The van der Waals surface area contributed by atoms with Crippen LogP contribution in [0.1, 0.15) is 20.3 Å². The molecule has 2 unspecified atom stereocenters. The van der Waals surface area contributed by atoms with Gasteiger partial charge in [-0.15, -0.1) is 0 Å². The topological polar surface area (TPSA) is 66.8 Å². The van der Waals surface area contributed by atoms with E-state index >= 15 is 0 Å². The summed E-state index contributed by atoms with van der Waals surface area (Å²) < 4.78 is 5.41. The van der Waals surface area contributed by atoms with Crippen molar-refractivity contribution in [1.29, 1.82) is 0 Å². The Morgan fingerprint density at radius 2 is 2.27 bits per heavy atom. The van der Waals surface area contributed by atoms with Gasteiger partial charge in [-0.2, -0.15) is 0 Å². The van der Waals surface area contributed by atoms with Gasteiger partial charge in [0.2, 0.25) is 5.91 Å². The summed E-state index contributed by atoms with van der Waals surface area (Å²) in [6, 6.07) is 0. The smallest absolute Gasteiger partial charge is 0.315 e.